The second-order valence-corrected chi connectivity index (χ2v) is 6.33. The molecule has 1 aromatic heterocycles. The van der Waals surface area contributed by atoms with Crippen LogP contribution in [0.25, 0.3) is 0 Å². The van der Waals surface area contributed by atoms with Gasteiger partial charge in [-0.1, -0.05) is 23.9 Å². The van der Waals surface area contributed by atoms with E-state index in [1.807, 2.05) is 36.7 Å². The third-order valence-corrected chi connectivity index (χ3v) is 4.19. The summed E-state index contributed by atoms with van der Waals surface area (Å²) in [6, 6.07) is 7.65. The topological polar surface area (TPSA) is 74.0 Å². The van der Waals surface area contributed by atoms with Crippen LogP contribution >= 0.6 is 39.5 Å². The molecule has 0 saturated heterocycles. The third kappa shape index (κ3) is 4.74. The molecule has 0 aliphatic rings. The quantitative estimate of drug-likeness (QED) is 0.287. The van der Waals surface area contributed by atoms with Crippen molar-refractivity contribution in [1.29, 1.82) is 5.26 Å². The molecule has 0 aliphatic heterocycles. The molecular weight excluding hydrogens is 370 g/mol. The number of halogens is 1. The Morgan fingerprint density at radius 2 is 2.05 bits per heavy atom. The summed E-state index contributed by atoms with van der Waals surface area (Å²) in [7, 11) is 0. The van der Waals surface area contributed by atoms with E-state index in [1.165, 1.54) is 23.5 Å². The van der Waals surface area contributed by atoms with Gasteiger partial charge in [-0.25, -0.2) is 15.0 Å². The van der Waals surface area contributed by atoms with Crippen molar-refractivity contribution < 1.29 is 0 Å². The lowest BCUT2D eigenvalue weighted by atomic mass is 10.3. The second kappa shape index (κ2) is 8.02. The van der Waals surface area contributed by atoms with Crippen LogP contribution in [-0.2, 0) is 0 Å². The normalized spacial score (nSPS) is 11.0. The molecule has 0 aliphatic carbocycles. The smallest absolute Gasteiger partial charge is 0.192 e. The Labute approximate surface area is 139 Å². The molecule has 0 amide bonds. The van der Waals surface area contributed by atoms with Gasteiger partial charge >= 0.3 is 0 Å². The van der Waals surface area contributed by atoms with E-state index in [2.05, 4.69) is 36.2 Å². The van der Waals surface area contributed by atoms with Crippen LogP contribution in [0.4, 0.5) is 5.69 Å². The number of thioether (sulfide) groups is 1. The fourth-order valence-corrected chi connectivity index (χ4v) is 2.68. The number of aromatic nitrogens is 2. The van der Waals surface area contributed by atoms with E-state index in [0.717, 1.165) is 15.1 Å². The number of aliphatic imine (C=N–C) groups is 1. The van der Waals surface area contributed by atoms with Crippen molar-refractivity contribution in [3.05, 3.63) is 41.1 Å². The van der Waals surface area contributed by atoms with Crippen molar-refractivity contribution in [3.63, 3.8) is 0 Å². The van der Waals surface area contributed by atoms with E-state index in [-0.39, 0.29) is 0 Å². The van der Waals surface area contributed by atoms with Crippen LogP contribution in [0.1, 0.15) is 0 Å². The molecule has 1 aromatic carbocycles. The van der Waals surface area contributed by atoms with Crippen molar-refractivity contribution in [2.75, 3.05) is 6.26 Å². The van der Waals surface area contributed by atoms with Crippen molar-refractivity contribution >= 4 is 50.3 Å². The van der Waals surface area contributed by atoms with Crippen LogP contribution in [-0.4, -0.2) is 21.4 Å². The number of nitrogens with one attached hydrogen (secondary N) is 1. The molecule has 0 atom stereocenters. The molecule has 8 heteroatoms. The van der Waals surface area contributed by atoms with Crippen LogP contribution in [0.2, 0.25) is 0 Å². The van der Waals surface area contributed by atoms with Crippen LogP contribution in [0, 0.1) is 11.5 Å². The van der Waals surface area contributed by atoms with E-state index in [9.17, 15) is 0 Å². The van der Waals surface area contributed by atoms with Gasteiger partial charge in [-0.05, 0) is 46.1 Å². The minimum Gasteiger partial charge on any atom is -0.271 e. The van der Waals surface area contributed by atoms with Crippen molar-refractivity contribution in [1.82, 2.24) is 15.3 Å². The summed E-state index contributed by atoms with van der Waals surface area (Å²) in [4.78, 5) is 13.8. The van der Waals surface area contributed by atoms with Gasteiger partial charge in [-0.15, -0.1) is 0 Å². The summed E-state index contributed by atoms with van der Waals surface area (Å²) < 4.78 is 0.834. The average molecular weight is 380 g/mol. The van der Waals surface area contributed by atoms with Gasteiger partial charge < -0.3 is 0 Å². The van der Waals surface area contributed by atoms with Gasteiger partial charge in [0.25, 0.3) is 0 Å². The van der Waals surface area contributed by atoms with Crippen LogP contribution < -0.4 is 5.32 Å². The predicted molar refractivity (Wildman–Crippen MR) is 89.7 cm³/mol. The van der Waals surface area contributed by atoms with Gasteiger partial charge in [-0.3, -0.25) is 5.32 Å². The number of para-hydroxylation sites is 1. The molecule has 1 N–H and O–H groups in total. The van der Waals surface area contributed by atoms with E-state index < -0.39 is 0 Å². The molecule has 106 valence electrons. The zero-order valence-corrected chi connectivity index (χ0v) is 14.2. The number of nitriles is 1. The molecule has 0 spiro atoms. The molecular formula is C13H10BrN5S2. The Hall–Kier alpha value is -1.56. The van der Waals surface area contributed by atoms with Crippen molar-refractivity contribution in [2.45, 2.75) is 10.1 Å². The SMILES string of the molecule is CSC(=Nc1ccccc1Sc1ncc(Br)cn1)NC#N. The van der Waals surface area contributed by atoms with E-state index in [4.69, 9.17) is 5.26 Å². The minimum atomic E-state index is 0.544. The van der Waals surface area contributed by atoms with E-state index in [1.54, 1.807) is 12.4 Å². The standard InChI is InChI=1S/C13H10BrN5S2/c1-20-13(18-8-15)19-10-4-2-3-5-11(10)21-12-16-6-9(14)7-17-12/h2-7H,1H3,(H,18,19). The highest BCUT2D eigenvalue weighted by Gasteiger charge is 2.06. The minimum absolute atomic E-state index is 0.544. The van der Waals surface area contributed by atoms with Gasteiger partial charge in [-0.2, -0.15) is 5.26 Å². The van der Waals surface area contributed by atoms with Crippen LogP contribution in [0.3, 0.4) is 0 Å². The number of hydrogen-bond acceptors (Lipinski definition) is 6. The van der Waals surface area contributed by atoms with Gasteiger partial charge in [0, 0.05) is 17.3 Å². The highest BCUT2D eigenvalue weighted by atomic mass is 79.9. The van der Waals surface area contributed by atoms with Crippen molar-refractivity contribution in [3.8, 4) is 6.19 Å². The molecule has 0 bridgehead atoms. The maximum absolute atomic E-state index is 8.69. The summed E-state index contributed by atoms with van der Waals surface area (Å²) in [5.41, 5.74) is 0.765. The fraction of sp³-hybridized carbons (Fsp3) is 0.0769. The third-order valence-electron chi connectivity index (χ3n) is 2.24. The Morgan fingerprint density at radius 3 is 2.71 bits per heavy atom. The number of nitrogens with zero attached hydrogens (tertiary/aromatic N) is 4. The number of benzene rings is 1. The summed E-state index contributed by atoms with van der Waals surface area (Å²) >= 11 is 6.11. The maximum Gasteiger partial charge on any atom is 0.192 e. The number of hydrogen-bond donors (Lipinski definition) is 1. The Balaban J connectivity index is 2.28. The molecule has 2 rings (SSSR count). The summed E-state index contributed by atoms with van der Waals surface area (Å²) in [5, 5.41) is 12.4. The van der Waals surface area contributed by atoms with Crippen LogP contribution in [0.15, 0.2) is 56.2 Å². The number of amidine groups is 1. The number of rotatable bonds is 3. The molecule has 0 unspecified atom stereocenters. The van der Waals surface area contributed by atoms with Gasteiger partial charge in [0.15, 0.2) is 16.5 Å². The highest BCUT2D eigenvalue weighted by molar-refractivity contribution is 9.10. The molecule has 0 saturated carbocycles. The first-order valence-electron chi connectivity index (χ1n) is 5.75. The Morgan fingerprint density at radius 1 is 1.33 bits per heavy atom. The monoisotopic (exact) mass is 379 g/mol. The first kappa shape index (κ1) is 15.8. The largest absolute Gasteiger partial charge is 0.271 e. The lowest BCUT2D eigenvalue weighted by Gasteiger charge is -2.05. The second-order valence-electron chi connectivity index (χ2n) is 3.61. The average Bonchev–Trinajstić information content (AvgIpc) is 2.51. The van der Waals surface area contributed by atoms with Gasteiger partial charge in [0.1, 0.15) is 0 Å². The molecule has 2 aromatic rings. The molecule has 1 heterocycles. The van der Waals surface area contributed by atoms with Gasteiger partial charge in [0.2, 0.25) is 0 Å². The molecule has 0 fully saturated rings. The van der Waals surface area contributed by atoms with Crippen LogP contribution in [0.5, 0.6) is 0 Å². The lowest BCUT2D eigenvalue weighted by Crippen LogP contribution is -2.12. The predicted octanol–water partition coefficient (Wildman–Crippen LogP) is 3.81. The highest BCUT2D eigenvalue weighted by Crippen LogP contribution is 2.33. The first-order chi connectivity index (χ1) is 10.2. The molecule has 0 radical (unpaired) electrons. The summed E-state index contributed by atoms with van der Waals surface area (Å²) in [6.07, 6.45) is 7.13. The lowest BCUT2D eigenvalue weighted by molar-refractivity contribution is 0.958. The Bertz CT molecular complexity index is 682. The Kier molecular flexibility index (Phi) is 6.04. The van der Waals surface area contributed by atoms with Gasteiger partial charge in [0.05, 0.1) is 10.2 Å². The van der Waals surface area contributed by atoms with Crippen molar-refractivity contribution in [2.24, 2.45) is 4.99 Å². The maximum atomic E-state index is 8.69. The molecule has 21 heavy (non-hydrogen) atoms. The fourth-order valence-electron chi connectivity index (χ4n) is 1.37. The summed E-state index contributed by atoms with van der Waals surface area (Å²) in [5.74, 6) is 0. The van der Waals surface area contributed by atoms with E-state index in [0.29, 0.717) is 10.3 Å². The van der Waals surface area contributed by atoms with E-state index >= 15 is 0 Å². The first-order valence-corrected chi connectivity index (χ1v) is 8.58. The molecule has 5 nitrogen and oxygen atoms in total. The zero-order valence-electron chi connectivity index (χ0n) is 10.9. The zero-order chi connectivity index (χ0) is 15.1. The summed E-state index contributed by atoms with van der Waals surface area (Å²) in [6.45, 7) is 0.